The van der Waals surface area contributed by atoms with Gasteiger partial charge in [-0.25, -0.2) is 9.67 Å². The predicted octanol–water partition coefficient (Wildman–Crippen LogP) is 3.12. The summed E-state index contributed by atoms with van der Waals surface area (Å²) in [4.78, 5) is 4.01. The highest BCUT2D eigenvalue weighted by Crippen LogP contribution is 2.40. The maximum atomic E-state index is 9.03. The number of ether oxygens (including phenoxy) is 1. The van der Waals surface area contributed by atoms with Crippen molar-refractivity contribution in [2.75, 3.05) is 0 Å². The van der Waals surface area contributed by atoms with Crippen LogP contribution in [-0.4, -0.2) is 14.8 Å². The number of nitriles is 1. The van der Waals surface area contributed by atoms with E-state index in [4.69, 9.17) is 10.00 Å². The minimum atomic E-state index is 0.261. The van der Waals surface area contributed by atoms with Crippen molar-refractivity contribution in [2.24, 2.45) is 7.05 Å². The summed E-state index contributed by atoms with van der Waals surface area (Å²) < 4.78 is 8.22. The largest absolute Gasteiger partial charge is 0.436 e. The molecule has 0 amide bonds. The fraction of sp³-hybridized carbons (Fsp3) is 0.308. The van der Waals surface area contributed by atoms with E-state index in [-0.39, 0.29) is 5.69 Å². The van der Waals surface area contributed by atoms with Crippen LogP contribution < -0.4 is 4.74 Å². The van der Waals surface area contributed by atoms with E-state index >= 15 is 0 Å². The number of halogens is 1. The van der Waals surface area contributed by atoms with Crippen LogP contribution in [0, 0.1) is 11.3 Å². The van der Waals surface area contributed by atoms with Crippen LogP contribution in [0.4, 0.5) is 0 Å². The molecule has 0 aliphatic heterocycles. The molecule has 1 saturated carbocycles. The molecule has 3 rings (SSSR count). The van der Waals surface area contributed by atoms with Gasteiger partial charge in [-0.1, -0.05) is 0 Å². The van der Waals surface area contributed by atoms with Crippen LogP contribution in [0.1, 0.15) is 30.1 Å². The Bertz CT molecular complexity index is 670. The Morgan fingerprint density at radius 3 is 2.95 bits per heavy atom. The summed E-state index contributed by atoms with van der Waals surface area (Å²) in [7, 11) is 1.83. The van der Waals surface area contributed by atoms with E-state index in [1.165, 1.54) is 12.8 Å². The number of aryl methyl sites for hydroxylation is 1. The number of rotatable bonds is 3. The molecule has 1 aliphatic rings. The number of pyridine rings is 1. The summed E-state index contributed by atoms with van der Waals surface area (Å²) in [5.41, 5.74) is 1.32. The molecule has 2 aromatic rings. The van der Waals surface area contributed by atoms with Gasteiger partial charge in [0.1, 0.15) is 6.07 Å². The van der Waals surface area contributed by atoms with E-state index < -0.39 is 0 Å². The molecule has 5 nitrogen and oxygen atoms in total. The number of nitrogens with zero attached hydrogens (tertiary/aromatic N) is 4. The normalized spacial score (nSPS) is 14.2. The molecule has 0 aromatic carbocycles. The lowest BCUT2D eigenvalue weighted by Crippen LogP contribution is -1.97. The first-order chi connectivity index (χ1) is 9.17. The summed E-state index contributed by atoms with van der Waals surface area (Å²) in [6, 6.07) is 5.68. The lowest BCUT2D eigenvalue weighted by atomic mass is 10.3. The van der Waals surface area contributed by atoms with Crippen LogP contribution in [0.15, 0.2) is 22.8 Å². The standard InChI is InChI=1S/C13H11BrN4O/c1-18-13(5-10(17-18)8-2-3-8)19-12-4-9(14)7-16-11(12)6-15/h4-5,7-8H,2-3H2,1H3. The zero-order chi connectivity index (χ0) is 13.4. The molecule has 0 radical (unpaired) electrons. The first-order valence-electron chi connectivity index (χ1n) is 5.95. The quantitative estimate of drug-likeness (QED) is 0.872. The van der Waals surface area contributed by atoms with E-state index in [0.29, 0.717) is 17.5 Å². The van der Waals surface area contributed by atoms with Crippen molar-refractivity contribution in [2.45, 2.75) is 18.8 Å². The molecule has 0 bridgehead atoms. The van der Waals surface area contributed by atoms with Crippen molar-refractivity contribution in [3.05, 3.63) is 34.2 Å². The zero-order valence-corrected chi connectivity index (χ0v) is 11.9. The van der Waals surface area contributed by atoms with Crippen LogP contribution in [0.5, 0.6) is 11.6 Å². The first-order valence-corrected chi connectivity index (χ1v) is 6.74. The van der Waals surface area contributed by atoms with E-state index in [1.54, 1.807) is 16.9 Å². The van der Waals surface area contributed by atoms with Crippen molar-refractivity contribution >= 4 is 15.9 Å². The Morgan fingerprint density at radius 2 is 2.26 bits per heavy atom. The molecular formula is C13H11BrN4O. The Labute approximate surface area is 119 Å². The minimum absolute atomic E-state index is 0.261. The first kappa shape index (κ1) is 12.2. The van der Waals surface area contributed by atoms with Crippen molar-refractivity contribution in [3.8, 4) is 17.7 Å². The average Bonchev–Trinajstić information content (AvgIpc) is 3.16. The summed E-state index contributed by atoms with van der Waals surface area (Å²) in [6.07, 6.45) is 3.96. The number of hydrogen-bond donors (Lipinski definition) is 0. The number of aromatic nitrogens is 3. The van der Waals surface area contributed by atoms with Gasteiger partial charge < -0.3 is 4.74 Å². The highest BCUT2D eigenvalue weighted by atomic mass is 79.9. The van der Waals surface area contributed by atoms with Crippen molar-refractivity contribution in [3.63, 3.8) is 0 Å². The summed E-state index contributed by atoms with van der Waals surface area (Å²) in [5.74, 6) is 1.63. The third kappa shape index (κ3) is 2.47. The van der Waals surface area contributed by atoms with E-state index in [0.717, 1.165) is 10.2 Å². The Balaban J connectivity index is 1.92. The predicted molar refractivity (Wildman–Crippen MR) is 71.9 cm³/mol. The SMILES string of the molecule is Cn1nc(C2CC2)cc1Oc1cc(Br)cnc1C#N. The lowest BCUT2D eigenvalue weighted by molar-refractivity contribution is 0.427. The van der Waals surface area contributed by atoms with Gasteiger partial charge in [0.2, 0.25) is 5.88 Å². The molecule has 0 atom stereocenters. The van der Waals surface area contributed by atoms with Crippen LogP contribution in [0.3, 0.4) is 0 Å². The summed E-state index contributed by atoms with van der Waals surface area (Å²) >= 11 is 3.32. The van der Waals surface area contributed by atoms with Crippen LogP contribution in [-0.2, 0) is 7.05 Å². The molecule has 0 unspecified atom stereocenters. The van der Waals surface area contributed by atoms with Crippen LogP contribution >= 0.6 is 15.9 Å². The fourth-order valence-corrected chi connectivity index (χ4v) is 2.15. The van der Waals surface area contributed by atoms with Gasteiger partial charge in [-0.3, -0.25) is 0 Å². The third-order valence-corrected chi connectivity index (χ3v) is 3.42. The molecule has 1 aliphatic carbocycles. The topological polar surface area (TPSA) is 63.7 Å². The monoisotopic (exact) mass is 318 g/mol. The lowest BCUT2D eigenvalue weighted by Gasteiger charge is -2.06. The maximum Gasteiger partial charge on any atom is 0.217 e. The molecule has 19 heavy (non-hydrogen) atoms. The van der Waals surface area contributed by atoms with Gasteiger partial charge in [0.25, 0.3) is 0 Å². The third-order valence-electron chi connectivity index (χ3n) is 2.99. The van der Waals surface area contributed by atoms with E-state index in [2.05, 4.69) is 26.0 Å². The Hall–Kier alpha value is -1.87. The van der Waals surface area contributed by atoms with Crippen molar-refractivity contribution < 1.29 is 4.74 Å². The van der Waals surface area contributed by atoms with Gasteiger partial charge in [-0.15, -0.1) is 0 Å². The van der Waals surface area contributed by atoms with Gasteiger partial charge in [0.15, 0.2) is 11.4 Å². The molecule has 2 heterocycles. The van der Waals surface area contributed by atoms with Crippen molar-refractivity contribution in [1.29, 1.82) is 5.26 Å². The average molecular weight is 319 g/mol. The second kappa shape index (κ2) is 4.67. The Morgan fingerprint density at radius 1 is 1.47 bits per heavy atom. The van der Waals surface area contributed by atoms with Gasteiger partial charge in [0, 0.05) is 29.7 Å². The second-order valence-electron chi connectivity index (χ2n) is 4.52. The molecule has 2 aromatic heterocycles. The molecule has 6 heteroatoms. The maximum absolute atomic E-state index is 9.03. The summed E-state index contributed by atoms with van der Waals surface area (Å²) in [5, 5.41) is 13.5. The highest BCUT2D eigenvalue weighted by molar-refractivity contribution is 9.10. The zero-order valence-electron chi connectivity index (χ0n) is 10.3. The highest BCUT2D eigenvalue weighted by Gasteiger charge is 2.27. The fourth-order valence-electron chi connectivity index (χ4n) is 1.84. The van der Waals surface area contributed by atoms with Gasteiger partial charge in [-0.2, -0.15) is 10.4 Å². The molecule has 96 valence electrons. The van der Waals surface area contributed by atoms with Gasteiger partial charge in [-0.05, 0) is 34.8 Å². The van der Waals surface area contributed by atoms with E-state index in [1.807, 2.05) is 19.2 Å². The molecule has 0 saturated heterocycles. The molecule has 0 N–H and O–H groups in total. The molecule has 0 spiro atoms. The van der Waals surface area contributed by atoms with Crippen LogP contribution in [0.25, 0.3) is 0 Å². The molecular weight excluding hydrogens is 308 g/mol. The second-order valence-corrected chi connectivity index (χ2v) is 5.44. The van der Waals surface area contributed by atoms with Crippen LogP contribution in [0.2, 0.25) is 0 Å². The number of hydrogen-bond acceptors (Lipinski definition) is 4. The Kier molecular flexibility index (Phi) is 2.99. The smallest absolute Gasteiger partial charge is 0.217 e. The minimum Gasteiger partial charge on any atom is -0.436 e. The molecule has 1 fully saturated rings. The van der Waals surface area contributed by atoms with E-state index in [9.17, 15) is 0 Å². The van der Waals surface area contributed by atoms with Crippen molar-refractivity contribution in [1.82, 2.24) is 14.8 Å². The van der Waals surface area contributed by atoms with Gasteiger partial charge >= 0.3 is 0 Å². The summed E-state index contributed by atoms with van der Waals surface area (Å²) in [6.45, 7) is 0. The van der Waals surface area contributed by atoms with Gasteiger partial charge in [0.05, 0.1) is 5.69 Å².